The van der Waals surface area contributed by atoms with Crippen molar-refractivity contribution in [3.05, 3.63) is 101 Å². The molecule has 40 heavy (non-hydrogen) atoms. The van der Waals surface area contributed by atoms with Gasteiger partial charge in [0.15, 0.2) is 0 Å². The summed E-state index contributed by atoms with van der Waals surface area (Å²) in [5, 5.41) is 17.5. The summed E-state index contributed by atoms with van der Waals surface area (Å²) in [6, 6.07) is 23.2. The Morgan fingerprint density at radius 2 is 1.70 bits per heavy atom. The quantitative estimate of drug-likeness (QED) is 0.287. The number of hydrogen-bond donors (Lipinski definition) is 3. The number of unbranched alkanes of at least 4 members (excludes halogenated alkanes) is 1. The molecular formula is C31H31N5O4. The molecule has 4 amide bonds. The third kappa shape index (κ3) is 6.48. The van der Waals surface area contributed by atoms with Crippen LogP contribution in [0.1, 0.15) is 49.4 Å². The Morgan fingerprint density at radius 1 is 0.975 bits per heavy atom. The summed E-state index contributed by atoms with van der Waals surface area (Å²) in [6.07, 6.45) is 1.64. The molecule has 0 radical (unpaired) electrons. The van der Waals surface area contributed by atoms with Crippen LogP contribution in [0.15, 0.2) is 84.4 Å². The number of anilines is 2. The van der Waals surface area contributed by atoms with E-state index in [0.717, 1.165) is 18.4 Å². The molecule has 0 fully saturated rings. The number of amides is 4. The number of nitriles is 1. The van der Waals surface area contributed by atoms with Crippen molar-refractivity contribution in [2.24, 2.45) is 0 Å². The standard InChI is InChI=1S/C31H31N5O4/c1-3-5-18-36-28(22-10-7-6-8-11-22)26(29(37)40-4-2)27(35-31(36)39)23-12-9-13-25(19-23)34-30(38)33-24-16-14-21(20-32)15-17-24/h6-17,19,27H,3-5,18H2,1-2H3,(H,35,39)(H2,33,34,38). The fraction of sp³-hybridized carbons (Fsp3) is 0.226. The van der Waals surface area contributed by atoms with Crippen LogP contribution in [-0.2, 0) is 9.53 Å². The average Bonchev–Trinajstić information content (AvgIpc) is 2.97. The highest BCUT2D eigenvalue weighted by Gasteiger charge is 2.38. The monoisotopic (exact) mass is 537 g/mol. The van der Waals surface area contributed by atoms with E-state index in [4.69, 9.17) is 10.00 Å². The largest absolute Gasteiger partial charge is 0.463 e. The molecule has 3 aromatic rings. The predicted octanol–water partition coefficient (Wildman–Crippen LogP) is 6.04. The Bertz CT molecular complexity index is 1440. The second kappa shape index (κ2) is 13.1. The van der Waals surface area contributed by atoms with Crippen LogP contribution in [0.2, 0.25) is 0 Å². The number of esters is 1. The molecule has 0 bridgehead atoms. The fourth-order valence-corrected chi connectivity index (χ4v) is 4.49. The van der Waals surface area contributed by atoms with Crippen LogP contribution in [-0.4, -0.2) is 36.1 Å². The van der Waals surface area contributed by atoms with E-state index in [9.17, 15) is 14.4 Å². The van der Waals surface area contributed by atoms with Crippen LogP contribution in [0, 0.1) is 11.3 Å². The van der Waals surface area contributed by atoms with Gasteiger partial charge in [-0.15, -0.1) is 0 Å². The van der Waals surface area contributed by atoms with Crippen molar-refractivity contribution in [2.45, 2.75) is 32.7 Å². The number of nitrogens with zero attached hydrogens (tertiary/aromatic N) is 2. The Labute approximate surface area is 233 Å². The molecule has 1 heterocycles. The molecule has 0 spiro atoms. The summed E-state index contributed by atoms with van der Waals surface area (Å²) in [4.78, 5) is 41.2. The van der Waals surface area contributed by atoms with E-state index in [1.54, 1.807) is 60.4 Å². The SMILES string of the molecule is CCCCN1C(=O)NC(c2cccc(NC(=O)Nc3ccc(C#N)cc3)c2)C(C(=O)OCC)=C1c1ccccc1. The Morgan fingerprint density at radius 3 is 2.38 bits per heavy atom. The normalized spacial score (nSPS) is 14.7. The molecule has 3 aromatic carbocycles. The molecule has 0 saturated heterocycles. The van der Waals surface area contributed by atoms with Crippen molar-refractivity contribution >= 4 is 35.1 Å². The zero-order chi connectivity index (χ0) is 28.5. The van der Waals surface area contributed by atoms with Crippen LogP contribution in [0.3, 0.4) is 0 Å². The van der Waals surface area contributed by atoms with Crippen molar-refractivity contribution in [3.8, 4) is 6.07 Å². The predicted molar refractivity (Wildman–Crippen MR) is 153 cm³/mol. The summed E-state index contributed by atoms with van der Waals surface area (Å²) in [6.45, 7) is 4.40. The van der Waals surface area contributed by atoms with Crippen LogP contribution in [0.25, 0.3) is 5.70 Å². The van der Waals surface area contributed by atoms with E-state index in [1.165, 1.54) is 0 Å². The maximum Gasteiger partial charge on any atom is 0.338 e. The Kier molecular flexibility index (Phi) is 9.15. The van der Waals surface area contributed by atoms with E-state index in [0.29, 0.717) is 40.3 Å². The van der Waals surface area contributed by atoms with Gasteiger partial charge in [0.05, 0.1) is 35.6 Å². The topological polar surface area (TPSA) is 124 Å². The zero-order valence-electron chi connectivity index (χ0n) is 22.4. The highest BCUT2D eigenvalue weighted by Crippen LogP contribution is 2.37. The molecule has 1 aliphatic rings. The van der Waals surface area contributed by atoms with E-state index in [-0.39, 0.29) is 12.6 Å². The van der Waals surface area contributed by atoms with E-state index in [1.807, 2.05) is 43.3 Å². The Hall–Kier alpha value is -5.10. The second-order valence-corrected chi connectivity index (χ2v) is 9.13. The number of nitrogens with one attached hydrogen (secondary N) is 3. The maximum atomic E-state index is 13.4. The van der Waals surface area contributed by atoms with E-state index < -0.39 is 18.0 Å². The number of benzene rings is 3. The zero-order valence-corrected chi connectivity index (χ0v) is 22.4. The molecule has 0 aromatic heterocycles. The minimum absolute atomic E-state index is 0.178. The molecule has 9 nitrogen and oxygen atoms in total. The van der Waals surface area contributed by atoms with Crippen molar-refractivity contribution < 1.29 is 19.1 Å². The number of carbonyl (C=O) groups is 3. The Balaban J connectivity index is 1.70. The highest BCUT2D eigenvalue weighted by atomic mass is 16.5. The van der Waals surface area contributed by atoms with Gasteiger partial charge >= 0.3 is 18.0 Å². The first kappa shape index (κ1) is 27.9. The van der Waals surface area contributed by atoms with Crippen LogP contribution >= 0.6 is 0 Å². The van der Waals surface area contributed by atoms with Crippen molar-refractivity contribution in [1.82, 2.24) is 10.2 Å². The summed E-state index contributed by atoms with van der Waals surface area (Å²) >= 11 is 0. The van der Waals surface area contributed by atoms with E-state index >= 15 is 0 Å². The molecule has 0 saturated carbocycles. The van der Waals surface area contributed by atoms with Crippen molar-refractivity contribution in [1.29, 1.82) is 5.26 Å². The van der Waals surface area contributed by atoms with Gasteiger partial charge in [-0.05, 0) is 60.9 Å². The lowest BCUT2D eigenvalue weighted by atomic mass is 9.91. The molecule has 0 aliphatic carbocycles. The number of hydrogen-bond acceptors (Lipinski definition) is 5. The number of urea groups is 2. The summed E-state index contributed by atoms with van der Waals surface area (Å²) in [5.74, 6) is -0.523. The first-order valence-corrected chi connectivity index (χ1v) is 13.2. The van der Waals surface area contributed by atoms with Crippen molar-refractivity contribution in [3.63, 3.8) is 0 Å². The molecule has 1 atom stereocenters. The third-order valence-electron chi connectivity index (χ3n) is 6.35. The lowest BCUT2D eigenvalue weighted by molar-refractivity contribution is -0.138. The van der Waals surface area contributed by atoms with Gasteiger partial charge in [-0.3, -0.25) is 4.90 Å². The van der Waals surface area contributed by atoms with Gasteiger partial charge in [0.25, 0.3) is 0 Å². The van der Waals surface area contributed by atoms with Gasteiger partial charge in [0.1, 0.15) is 0 Å². The molecule has 1 aliphatic heterocycles. The molecule has 204 valence electrons. The van der Waals surface area contributed by atoms with Gasteiger partial charge in [0, 0.05) is 17.9 Å². The molecule has 4 rings (SSSR count). The first-order chi connectivity index (χ1) is 19.4. The summed E-state index contributed by atoms with van der Waals surface area (Å²) < 4.78 is 5.48. The summed E-state index contributed by atoms with van der Waals surface area (Å²) in [7, 11) is 0. The minimum Gasteiger partial charge on any atom is -0.463 e. The van der Waals surface area contributed by atoms with Gasteiger partial charge in [-0.2, -0.15) is 5.26 Å². The number of rotatable bonds is 9. The van der Waals surface area contributed by atoms with Crippen LogP contribution in [0.4, 0.5) is 21.0 Å². The summed E-state index contributed by atoms with van der Waals surface area (Å²) in [5.41, 5.74) is 3.66. The van der Waals surface area contributed by atoms with Crippen LogP contribution < -0.4 is 16.0 Å². The maximum absolute atomic E-state index is 13.4. The first-order valence-electron chi connectivity index (χ1n) is 13.2. The highest BCUT2D eigenvalue weighted by molar-refractivity contribution is 6.05. The fourth-order valence-electron chi connectivity index (χ4n) is 4.49. The third-order valence-corrected chi connectivity index (χ3v) is 6.35. The lowest BCUT2D eigenvalue weighted by Crippen LogP contribution is -2.48. The molecular weight excluding hydrogens is 506 g/mol. The molecule has 1 unspecified atom stereocenters. The van der Waals surface area contributed by atoms with Gasteiger partial charge in [0.2, 0.25) is 0 Å². The van der Waals surface area contributed by atoms with Crippen LogP contribution in [0.5, 0.6) is 0 Å². The van der Waals surface area contributed by atoms with Crippen molar-refractivity contribution in [2.75, 3.05) is 23.8 Å². The lowest BCUT2D eigenvalue weighted by Gasteiger charge is -2.37. The smallest absolute Gasteiger partial charge is 0.338 e. The second-order valence-electron chi connectivity index (χ2n) is 9.13. The van der Waals surface area contributed by atoms with Gasteiger partial charge in [-0.25, -0.2) is 14.4 Å². The molecule has 3 N–H and O–H groups in total. The average molecular weight is 538 g/mol. The van der Waals surface area contributed by atoms with Gasteiger partial charge in [-0.1, -0.05) is 55.8 Å². The van der Waals surface area contributed by atoms with Gasteiger partial charge < -0.3 is 20.7 Å². The molecule has 9 heteroatoms. The van der Waals surface area contributed by atoms with E-state index in [2.05, 4.69) is 16.0 Å². The minimum atomic E-state index is -0.803. The number of carbonyl (C=O) groups excluding carboxylic acids is 3. The number of ether oxygens (including phenoxy) is 1.